The Morgan fingerprint density at radius 1 is 1.10 bits per heavy atom. The van der Waals surface area contributed by atoms with E-state index in [9.17, 15) is 9.59 Å². The van der Waals surface area contributed by atoms with Gasteiger partial charge in [0.05, 0.1) is 27.0 Å². The molecule has 2 atom stereocenters. The number of aromatic nitrogens is 2. The van der Waals surface area contributed by atoms with Gasteiger partial charge in [0.1, 0.15) is 12.1 Å². The monoisotopic (exact) mass is 432 g/mol. The number of hydrogen-bond donors (Lipinski definition) is 0. The fraction of sp³-hybridized carbons (Fsp3) is 0.423. The van der Waals surface area contributed by atoms with Crippen molar-refractivity contribution in [3.63, 3.8) is 0 Å². The van der Waals surface area contributed by atoms with Crippen molar-refractivity contribution in [2.75, 3.05) is 0 Å². The molecule has 3 aliphatic rings. The van der Waals surface area contributed by atoms with Gasteiger partial charge in [-0.05, 0) is 67.3 Å². The molecule has 1 spiro atoms. The number of aldehydes is 1. The van der Waals surface area contributed by atoms with Gasteiger partial charge in [-0.25, -0.2) is 0 Å². The largest absolute Gasteiger partial charge is 0.303 e. The maximum Gasteiger partial charge on any atom is 0.282 e. The van der Waals surface area contributed by atoms with Gasteiger partial charge in [-0.2, -0.15) is 4.98 Å². The van der Waals surface area contributed by atoms with Crippen molar-refractivity contribution in [1.29, 1.82) is 0 Å². The molecule has 158 valence electrons. The van der Waals surface area contributed by atoms with E-state index in [1.54, 1.807) is 6.07 Å². The van der Waals surface area contributed by atoms with Gasteiger partial charge in [-0.15, -0.1) is 0 Å². The molecule has 5 heteroatoms. The highest BCUT2D eigenvalue weighted by molar-refractivity contribution is 6.35. The van der Waals surface area contributed by atoms with Gasteiger partial charge in [0.15, 0.2) is 0 Å². The van der Waals surface area contributed by atoms with E-state index in [1.807, 2.05) is 12.1 Å². The standard InChI is InChI=1S/C26H25ClN2O2/c27-20-5-4-6-22-23(20)24(31)28-25-26(11-2-1-3-12-26)19-14-18(9-10-21(19)29(22)25)17-8-7-16(13-17)15-30/h4-6,9-10,14-17H,1-3,7-8,11-13H2. The average molecular weight is 433 g/mol. The van der Waals surface area contributed by atoms with E-state index in [-0.39, 0.29) is 16.9 Å². The van der Waals surface area contributed by atoms with Gasteiger partial charge < -0.3 is 4.79 Å². The molecular weight excluding hydrogens is 408 g/mol. The Labute approximate surface area is 186 Å². The summed E-state index contributed by atoms with van der Waals surface area (Å²) in [5.41, 5.74) is 4.17. The van der Waals surface area contributed by atoms with Crippen LogP contribution < -0.4 is 5.56 Å². The number of hydrogen-bond acceptors (Lipinski definition) is 3. The zero-order valence-corrected chi connectivity index (χ0v) is 18.2. The van der Waals surface area contributed by atoms with Crippen molar-refractivity contribution in [2.45, 2.75) is 62.7 Å². The first-order valence-corrected chi connectivity index (χ1v) is 11.8. The Bertz CT molecular complexity index is 1270. The van der Waals surface area contributed by atoms with Crippen LogP contribution in [0.15, 0.2) is 41.2 Å². The van der Waals surface area contributed by atoms with Crippen LogP contribution in [0.4, 0.5) is 0 Å². The third-order valence-electron chi connectivity index (χ3n) is 7.91. The zero-order chi connectivity index (χ0) is 21.2. The third-order valence-corrected chi connectivity index (χ3v) is 8.23. The van der Waals surface area contributed by atoms with Crippen LogP contribution in [0.25, 0.3) is 16.6 Å². The van der Waals surface area contributed by atoms with Crippen molar-refractivity contribution < 1.29 is 4.79 Å². The molecule has 2 fully saturated rings. The van der Waals surface area contributed by atoms with Crippen LogP contribution in [-0.2, 0) is 10.2 Å². The Balaban J connectivity index is 1.61. The highest BCUT2D eigenvalue weighted by atomic mass is 35.5. The van der Waals surface area contributed by atoms with Gasteiger partial charge >= 0.3 is 0 Å². The maximum absolute atomic E-state index is 13.0. The molecule has 1 aliphatic heterocycles. The second kappa shape index (κ2) is 7.03. The van der Waals surface area contributed by atoms with Gasteiger partial charge in [0, 0.05) is 5.92 Å². The quantitative estimate of drug-likeness (QED) is 0.489. The molecular formula is C26H25ClN2O2. The lowest BCUT2D eigenvalue weighted by Gasteiger charge is -2.34. The van der Waals surface area contributed by atoms with Crippen molar-refractivity contribution in [2.24, 2.45) is 5.92 Å². The molecule has 2 aromatic carbocycles. The molecule has 6 rings (SSSR count). The molecule has 0 radical (unpaired) electrons. The smallest absolute Gasteiger partial charge is 0.282 e. The number of nitrogens with zero attached hydrogens (tertiary/aromatic N) is 2. The van der Waals surface area contributed by atoms with Gasteiger partial charge in [-0.1, -0.05) is 49.1 Å². The predicted octanol–water partition coefficient (Wildman–Crippen LogP) is 5.69. The van der Waals surface area contributed by atoms with Crippen LogP contribution in [0.5, 0.6) is 0 Å². The fourth-order valence-corrected chi connectivity index (χ4v) is 6.64. The summed E-state index contributed by atoms with van der Waals surface area (Å²) in [7, 11) is 0. The van der Waals surface area contributed by atoms with Crippen LogP contribution in [-0.4, -0.2) is 15.8 Å². The first-order valence-electron chi connectivity index (χ1n) is 11.4. The van der Waals surface area contributed by atoms with Gasteiger partial charge in [0.25, 0.3) is 5.56 Å². The Morgan fingerprint density at radius 2 is 1.94 bits per heavy atom. The highest BCUT2D eigenvalue weighted by Gasteiger charge is 2.46. The van der Waals surface area contributed by atoms with Crippen LogP contribution in [0.3, 0.4) is 0 Å². The molecule has 2 heterocycles. The van der Waals surface area contributed by atoms with Crippen LogP contribution in [0.1, 0.15) is 74.2 Å². The minimum atomic E-state index is -0.227. The number of carbonyl (C=O) groups is 1. The summed E-state index contributed by atoms with van der Waals surface area (Å²) in [6, 6.07) is 12.5. The lowest BCUT2D eigenvalue weighted by atomic mass is 9.69. The van der Waals surface area contributed by atoms with Crippen molar-refractivity contribution in [1.82, 2.24) is 9.55 Å². The Morgan fingerprint density at radius 3 is 2.71 bits per heavy atom. The van der Waals surface area contributed by atoms with Gasteiger partial charge in [0.2, 0.25) is 0 Å². The van der Waals surface area contributed by atoms with Crippen LogP contribution in [0.2, 0.25) is 5.02 Å². The van der Waals surface area contributed by atoms with Gasteiger partial charge in [-0.3, -0.25) is 9.36 Å². The minimum absolute atomic E-state index is 0.184. The molecule has 31 heavy (non-hydrogen) atoms. The molecule has 2 saturated carbocycles. The summed E-state index contributed by atoms with van der Waals surface area (Å²) in [5.74, 6) is 1.50. The van der Waals surface area contributed by atoms with E-state index >= 15 is 0 Å². The molecule has 0 amide bonds. The lowest BCUT2D eigenvalue weighted by molar-refractivity contribution is -0.110. The zero-order valence-electron chi connectivity index (χ0n) is 17.4. The van der Waals surface area contributed by atoms with Crippen LogP contribution in [0, 0.1) is 5.92 Å². The molecule has 3 aromatic rings. The summed E-state index contributed by atoms with van der Waals surface area (Å²) in [6.07, 6.45) is 9.66. The minimum Gasteiger partial charge on any atom is -0.303 e. The second-order valence-corrected chi connectivity index (χ2v) is 9.94. The number of benzene rings is 2. The van der Waals surface area contributed by atoms with Crippen molar-refractivity contribution >= 4 is 28.8 Å². The van der Waals surface area contributed by atoms with E-state index in [2.05, 4.69) is 27.8 Å². The molecule has 0 bridgehead atoms. The van der Waals surface area contributed by atoms with E-state index in [0.29, 0.717) is 16.3 Å². The second-order valence-electron chi connectivity index (χ2n) is 9.54. The first-order chi connectivity index (χ1) is 15.1. The third kappa shape index (κ3) is 2.70. The van der Waals surface area contributed by atoms with E-state index in [1.165, 1.54) is 17.5 Å². The molecule has 0 saturated heterocycles. The SMILES string of the molecule is O=CC1CCC(c2ccc3c(c2)C2(CCCCC2)c2nc(=O)c4c(Cl)cccc4n2-3)C1. The summed E-state index contributed by atoms with van der Waals surface area (Å²) in [5, 5.41) is 0.958. The summed E-state index contributed by atoms with van der Waals surface area (Å²) < 4.78 is 2.19. The number of carbonyl (C=O) groups excluding carboxylic acids is 1. The predicted molar refractivity (Wildman–Crippen MR) is 122 cm³/mol. The molecule has 1 aromatic heterocycles. The van der Waals surface area contributed by atoms with Crippen molar-refractivity contribution in [3.8, 4) is 5.69 Å². The first kappa shape index (κ1) is 19.2. The molecule has 2 aliphatic carbocycles. The van der Waals surface area contributed by atoms with Crippen molar-refractivity contribution in [3.05, 3.63) is 68.7 Å². The highest BCUT2D eigenvalue weighted by Crippen LogP contribution is 2.52. The molecule has 2 unspecified atom stereocenters. The Kier molecular flexibility index (Phi) is 4.36. The number of halogens is 1. The Hall–Kier alpha value is -2.46. The van der Waals surface area contributed by atoms with E-state index in [4.69, 9.17) is 11.6 Å². The van der Waals surface area contributed by atoms with E-state index in [0.717, 1.165) is 68.3 Å². The maximum atomic E-state index is 13.0. The molecule has 0 N–H and O–H groups in total. The summed E-state index contributed by atoms with van der Waals surface area (Å²) in [4.78, 5) is 29.0. The summed E-state index contributed by atoms with van der Waals surface area (Å²) >= 11 is 6.43. The molecule has 4 nitrogen and oxygen atoms in total. The fourth-order valence-electron chi connectivity index (χ4n) is 6.39. The lowest BCUT2D eigenvalue weighted by Crippen LogP contribution is -2.32. The van der Waals surface area contributed by atoms with E-state index < -0.39 is 0 Å². The number of fused-ring (bicyclic) bond motifs is 7. The average Bonchev–Trinajstić information content (AvgIpc) is 3.37. The summed E-state index contributed by atoms with van der Waals surface area (Å²) in [6.45, 7) is 0. The topological polar surface area (TPSA) is 52.0 Å². The normalized spacial score (nSPS) is 23.8. The number of rotatable bonds is 2. The van der Waals surface area contributed by atoms with Crippen LogP contribution >= 0.6 is 11.6 Å².